The number of carbonyl (C=O) groups excluding carboxylic acids is 1. The second-order valence-electron chi connectivity index (χ2n) is 5.08. The molecule has 1 aliphatic heterocycles. The highest BCUT2D eigenvalue weighted by atomic mass is 32.2. The minimum absolute atomic E-state index is 0.00622. The first-order chi connectivity index (χ1) is 9.88. The van der Waals surface area contributed by atoms with Crippen LogP contribution in [0.4, 0.5) is 10.5 Å². The van der Waals surface area contributed by atoms with E-state index in [9.17, 15) is 13.2 Å². The van der Waals surface area contributed by atoms with Gasteiger partial charge in [0.25, 0.3) is 10.2 Å². The summed E-state index contributed by atoms with van der Waals surface area (Å²) < 4.78 is 23.7. The van der Waals surface area contributed by atoms with Crippen molar-refractivity contribution in [2.24, 2.45) is 5.14 Å². The molecule has 1 fully saturated rings. The van der Waals surface area contributed by atoms with Crippen LogP contribution in [0.3, 0.4) is 0 Å². The molecule has 1 aliphatic rings. The molecule has 0 aliphatic carbocycles. The van der Waals surface area contributed by atoms with Gasteiger partial charge in [0.05, 0.1) is 0 Å². The quantitative estimate of drug-likeness (QED) is 0.865. The van der Waals surface area contributed by atoms with Crippen molar-refractivity contribution in [3.63, 3.8) is 0 Å². The number of para-hydroxylation sites is 1. The summed E-state index contributed by atoms with van der Waals surface area (Å²) in [7, 11) is -1.91. The molecule has 1 aromatic carbocycles. The molecule has 3 N–H and O–H groups in total. The summed E-state index contributed by atoms with van der Waals surface area (Å²) in [6, 6.07) is 9.01. The maximum absolute atomic E-state index is 12.1. The molecule has 1 heterocycles. The summed E-state index contributed by atoms with van der Waals surface area (Å²) in [5.41, 5.74) is 0.733. The predicted octanol–water partition coefficient (Wildman–Crippen LogP) is 0.818. The van der Waals surface area contributed by atoms with Crippen molar-refractivity contribution in [2.75, 3.05) is 25.5 Å². The van der Waals surface area contributed by atoms with E-state index >= 15 is 0 Å². The van der Waals surface area contributed by atoms with Gasteiger partial charge in [-0.2, -0.15) is 12.7 Å². The number of rotatable bonds is 3. The second-order valence-corrected chi connectivity index (χ2v) is 6.63. The molecule has 2 amide bonds. The number of carbonyl (C=O) groups is 1. The van der Waals surface area contributed by atoms with E-state index in [1.54, 1.807) is 11.9 Å². The Kier molecular flexibility index (Phi) is 4.81. The molecule has 0 unspecified atom stereocenters. The molecule has 2 rings (SSSR count). The van der Waals surface area contributed by atoms with Crippen molar-refractivity contribution >= 4 is 21.9 Å². The molecule has 0 aromatic heterocycles. The van der Waals surface area contributed by atoms with E-state index in [0.29, 0.717) is 25.9 Å². The Morgan fingerprint density at radius 2 is 1.86 bits per heavy atom. The molecule has 116 valence electrons. The van der Waals surface area contributed by atoms with Gasteiger partial charge in [0.1, 0.15) is 0 Å². The summed E-state index contributed by atoms with van der Waals surface area (Å²) in [5.74, 6) is 0. The van der Waals surface area contributed by atoms with Crippen LogP contribution < -0.4 is 10.5 Å². The Morgan fingerprint density at radius 3 is 2.38 bits per heavy atom. The molecule has 0 spiro atoms. The predicted molar refractivity (Wildman–Crippen MR) is 80.9 cm³/mol. The van der Waals surface area contributed by atoms with Gasteiger partial charge >= 0.3 is 6.03 Å². The summed E-state index contributed by atoms with van der Waals surface area (Å²) in [5, 5.41) is 7.91. The van der Waals surface area contributed by atoms with Gasteiger partial charge < -0.3 is 10.2 Å². The van der Waals surface area contributed by atoms with Crippen molar-refractivity contribution < 1.29 is 13.2 Å². The average Bonchev–Trinajstić information content (AvgIpc) is 2.46. The molecule has 21 heavy (non-hydrogen) atoms. The Bertz CT molecular complexity index is 583. The van der Waals surface area contributed by atoms with Crippen LogP contribution in [0, 0.1) is 0 Å². The van der Waals surface area contributed by atoms with Gasteiger partial charge in [-0.25, -0.2) is 9.93 Å². The fourth-order valence-corrected chi connectivity index (χ4v) is 3.10. The van der Waals surface area contributed by atoms with Crippen molar-refractivity contribution in [2.45, 2.75) is 18.9 Å². The van der Waals surface area contributed by atoms with E-state index in [-0.39, 0.29) is 12.1 Å². The number of nitrogens with one attached hydrogen (secondary N) is 1. The maximum atomic E-state index is 12.1. The van der Waals surface area contributed by atoms with Crippen molar-refractivity contribution in [1.82, 2.24) is 9.21 Å². The first-order valence-electron chi connectivity index (χ1n) is 6.74. The lowest BCUT2D eigenvalue weighted by Gasteiger charge is -2.35. The minimum Gasteiger partial charge on any atom is -0.325 e. The van der Waals surface area contributed by atoms with E-state index in [0.717, 1.165) is 5.69 Å². The highest BCUT2D eigenvalue weighted by Gasteiger charge is 2.29. The molecule has 0 atom stereocenters. The fraction of sp³-hybridized carbons (Fsp3) is 0.462. The van der Waals surface area contributed by atoms with Crippen LogP contribution >= 0.6 is 0 Å². The van der Waals surface area contributed by atoms with Crippen LogP contribution in [-0.4, -0.2) is 49.8 Å². The molecule has 0 saturated carbocycles. The number of benzene rings is 1. The molecule has 0 bridgehead atoms. The maximum Gasteiger partial charge on any atom is 0.321 e. The first-order valence-corrected chi connectivity index (χ1v) is 8.25. The number of hydrogen-bond acceptors (Lipinski definition) is 3. The zero-order chi connectivity index (χ0) is 15.5. The van der Waals surface area contributed by atoms with E-state index < -0.39 is 10.2 Å². The molecular weight excluding hydrogens is 292 g/mol. The second kappa shape index (κ2) is 6.42. The van der Waals surface area contributed by atoms with Gasteiger partial charge in [-0.3, -0.25) is 0 Å². The minimum atomic E-state index is -3.63. The molecule has 7 nitrogen and oxygen atoms in total. The lowest BCUT2D eigenvalue weighted by Crippen LogP contribution is -2.49. The van der Waals surface area contributed by atoms with Crippen LogP contribution in [0.25, 0.3) is 0 Å². The molecule has 1 aromatic rings. The van der Waals surface area contributed by atoms with Crippen LogP contribution in [0.5, 0.6) is 0 Å². The van der Waals surface area contributed by atoms with Gasteiger partial charge in [-0.1, -0.05) is 18.2 Å². The summed E-state index contributed by atoms with van der Waals surface area (Å²) in [4.78, 5) is 13.8. The summed E-state index contributed by atoms with van der Waals surface area (Å²) in [6.07, 6.45) is 1.16. The largest absolute Gasteiger partial charge is 0.325 e. The lowest BCUT2D eigenvalue weighted by molar-refractivity contribution is 0.174. The SMILES string of the molecule is CN(C(=O)Nc1ccccc1)C1CCN(S(N)(=O)=O)CC1. The number of piperidine rings is 1. The lowest BCUT2D eigenvalue weighted by atomic mass is 10.1. The summed E-state index contributed by atoms with van der Waals surface area (Å²) in [6.45, 7) is 0.679. The third kappa shape index (κ3) is 4.16. The zero-order valence-corrected chi connectivity index (χ0v) is 12.7. The molecule has 1 saturated heterocycles. The highest BCUT2D eigenvalue weighted by molar-refractivity contribution is 7.86. The topological polar surface area (TPSA) is 95.7 Å². The van der Waals surface area contributed by atoms with Gasteiger partial charge in [0.2, 0.25) is 0 Å². The summed E-state index contributed by atoms with van der Waals surface area (Å²) >= 11 is 0. The fourth-order valence-electron chi connectivity index (χ4n) is 2.38. The van der Waals surface area contributed by atoms with Gasteiger partial charge in [0.15, 0.2) is 0 Å². The monoisotopic (exact) mass is 312 g/mol. The number of nitrogens with two attached hydrogens (primary N) is 1. The zero-order valence-electron chi connectivity index (χ0n) is 11.9. The normalized spacial score (nSPS) is 17.4. The third-order valence-electron chi connectivity index (χ3n) is 3.68. The van der Waals surface area contributed by atoms with Gasteiger partial charge in [0, 0.05) is 31.9 Å². The van der Waals surface area contributed by atoms with Crippen LogP contribution in [0.15, 0.2) is 30.3 Å². The van der Waals surface area contributed by atoms with Crippen molar-refractivity contribution in [1.29, 1.82) is 0 Å². The third-order valence-corrected chi connectivity index (χ3v) is 4.76. The van der Waals surface area contributed by atoms with Crippen LogP contribution in [-0.2, 0) is 10.2 Å². The smallest absolute Gasteiger partial charge is 0.321 e. The van der Waals surface area contributed by atoms with E-state index in [4.69, 9.17) is 5.14 Å². The standard InChI is InChI=1S/C13H20N4O3S/c1-16(13(18)15-11-5-3-2-4-6-11)12-7-9-17(10-8-12)21(14,19)20/h2-6,12H,7-10H2,1H3,(H,15,18)(H2,14,19,20). The molecular formula is C13H20N4O3S. The number of urea groups is 1. The number of amides is 2. The average molecular weight is 312 g/mol. The van der Waals surface area contributed by atoms with E-state index in [1.165, 1.54) is 4.31 Å². The highest BCUT2D eigenvalue weighted by Crippen LogP contribution is 2.17. The van der Waals surface area contributed by atoms with Crippen LogP contribution in [0.1, 0.15) is 12.8 Å². The Labute approximate surface area is 124 Å². The number of anilines is 1. The van der Waals surface area contributed by atoms with E-state index in [1.807, 2.05) is 30.3 Å². The number of hydrogen-bond donors (Lipinski definition) is 2. The van der Waals surface area contributed by atoms with Crippen LogP contribution in [0.2, 0.25) is 0 Å². The first kappa shape index (κ1) is 15.7. The van der Waals surface area contributed by atoms with Crippen molar-refractivity contribution in [3.05, 3.63) is 30.3 Å². The molecule has 8 heteroatoms. The number of nitrogens with zero attached hydrogens (tertiary/aromatic N) is 2. The van der Waals surface area contributed by atoms with E-state index in [2.05, 4.69) is 5.32 Å². The molecule has 0 radical (unpaired) electrons. The van der Waals surface area contributed by atoms with Crippen molar-refractivity contribution in [3.8, 4) is 0 Å². The Morgan fingerprint density at radius 1 is 1.29 bits per heavy atom. The Hall–Kier alpha value is -1.64. The van der Waals surface area contributed by atoms with Gasteiger partial charge in [-0.15, -0.1) is 0 Å². The Balaban J connectivity index is 1.90. The van der Waals surface area contributed by atoms with Gasteiger partial charge in [-0.05, 0) is 25.0 Å².